The Morgan fingerprint density at radius 1 is 1.41 bits per heavy atom. The van der Waals surface area contributed by atoms with E-state index in [9.17, 15) is 13.6 Å². The van der Waals surface area contributed by atoms with Gasteiger partial charge in [-0.05, 0) is 20.3 Å². The molecule has 22 heavy (non-hydrogen) atoms. The van der Waals surface area contributed by atoms with Crippen LogP contribution in [0.2, 0.25) is 0 Å². The van der Waals surface area contributed by atoms with E-state index in [2.05, 4.69) is 17.3 Å². The molecule has 0 aromatic carbocycles. The summed E-state index contributed by atoms with van der Waals surface area (Å²) in [5.74, 6) is -0.207. The monoisotopic (exact) mass is 338 g/mol. The standard InChI is InChI=1S/C14H24F2N4O.ClH/c1-4-5-6-11(8-17)18-13(21)7-12-9(2)19-20(10(12)3)14(15)16;/h11,14H,4-8,17H2,1-3H3,(H,18,21);1H. The molecule has 1 aromatic rings. The van der Waals surface area contributed by atoms with E-state index in [1.165, 1.54) is 0 Å². The van der Waals surface area contributed by atoms with Crippen molar-refractivity contribution in [2.24, 2.45) is 5.73 Å². The fraction of sp³-hybridized carbons (Fsp3) is 0.714. The number of nitrogens with zero attached hydrogens (tertiary/aromatic N) is 2. The van der Waals surface area contributed by atoms with Crippen LogP contribution in [0.5, 0.6) is 0 Å². The number of amides is 1. The second-order valence-electron chi connectivity index (χ2n) is 5.19. The van der Waals surface area contributed by atoms with E-state index in [1.54, 1.807) is 13.8 Å². The van der Waals surface area contributed by atoms with Gasteiger partial charge < -0.3 is 11.1 Å². The zero-order valence-electron chi connectivity index (χ0n) is 13.2. The van der Waals surface area contributed by atoms with Crippen molar-refractivity contribution in [1.82, 2.24) is 15.1 Å². The van der Waals surface area contributed by atoms with Crippen molar-refractivity contribution < 1.29 is 13.6 Å². The van der Waals surface area contributed by atoms with E-state index in [-0.39, 0.29) is 30.8 Å². The molecule has 0 aliphatic heterocycles. The molecule has 0 spiro atoms. The summed E-state index contributed by atoms with van der Waals surface area (Å²) in [6, 6.07) is -0.0665. The van der Waals surface area contributed by atoms with Gasteiger partial charge in [0, 0.05) is 23.8 Å². The van der Waals surface area contributed by atoms with Crippen molar-refractivity contribution in [2.45, 2.75) is 59.0 Å². The first-order valence-corrected chi connectivity index (χ1v) is 7.22. The van der Waals surface area contributed by atoms with Gasteiger partial charge in [-0.15, -0.1) is 12.4 Å². The summed E-state index contributed by atoms with van der Waals surface area (Å²) in [6.07, 6.45) is 2.90. The van der Waals surface area contributed by atoms with Crippen molar-refractivity contribution in [3.05, 3.63) is 17.0 Å². The van der Waals surface area contributed by atoms with Crippen LogP contribution >= 0.6 is 12.4 Å². The van der Waals surface area contributed by atoms with E-state index < -0.39 is 6.55 Å². The number of aryl methyl sites for hydroxylation is 1. The summed E-state index contributed by atoms with van der Waals surface area (Å²) < 4.78 is 26.1. The van der Waals surface area contributed by atoms with Crippen molar-refractivity contribution in [3.8, 4) is 0 Å². The fourth-order valence-electron chi connectivity index (χ4n) is 2.28. The molecule has 0 aliphatic carbocycles. The molecule has 0 bridgehead atoms. The molecule has 3 N–H and O–H groups in total. The van der Waals surface area contributed by atoms with Gasteiger partial charge in [0.2, 0.25) is 5.91 Å². The minimum Gasteiger partial charge on any atom is -0.352 e. The first kappa shape index (κ1) is 20.8. The lowest BCUT2D eigenvalue weighted by molar-refractivity contribution is -0.121. The number of nitrogens with one attached hydrogen (secondary N) is 1. The number of carbonyl (C=O) groups excluding carboxylic acids is 1. The highest BCUT2D eigenvalue weighted by Gasteiger charge is 2.20. The molecule has 0 aliphatic rings. The maximum absolute atomic E-state index is 12.7. The van der Waals surface area contributed by atoms with Gasteiger partial charge in [0.05, 0.1) is 12.1 Å². The number of rotatable bonds is 8. The zero-order chi connectivity index (χ0) is 16.0. The molecule has 0 saturated carbocycles. The molecule has 1 unspecified atom stereocenters. The fourth-order valence-corrected chi connectivity index (χ4v) is 2.28. The van der Waals surface area contributed by atoms with Crippen LogP contribution in [-0.4, -0.2) is 28.3 Å². The van der Waals surface area contributed by atoms with Gasteiger partial charge >= 0.3 is 6.55 Å². The summed E-state index contributed by atoms with van der Waals surface area (Å²) in [7, 11) is 0. The van der Waals surface area contributed by atoms with E-state index in [0.717, 1.165) is 19.3 Å². The number of unbranched alkanes of at least 4 members (excludes halogenated alkanes) is 1. The number of carbonyl (C=O) groups is 1. The molecule has 5 nitrogen and oxygen atoms in total. The summed E-state index contributed by atoms with van der Waals surface area (Å²) >= 11 is 0. The summed E-state index contributed by atoms with van der Waals surface area (Å²) in [4.78, 5) is 12.0. The number of hydrogen-bond acceptors (Lipinski definition) is 3. The van der Waals surface area contributed by atoms with E-state index in [1.807, 2.05) is 0 Å². The predicted octanol–water partition coefficient (Wildman–Crippen LogP) is 2.49. The minimum absolute atomic E-state index is 0. The largest absolute Gasteiger partial charge is 0.352 e. The van der Waals surface area contributed by atoms with Gasteiger partial charge in [-0.25, -0.2) is 4.68 Å². The quantitative estimate of drug-likeness (QED) is 0.765. The van der Waals surface area contributed by atoms with Crippen LogP contribution in [0.4, 0.5) is 8.78 Å². The number of nitrogens with two attached hydrogens (primary N) is 1. The molecule has 0 radical (unpaired) electrons. The number of halogens is 3. The first-order valence-electron chi connectivity index (χ1n) is 7.22. The van der Waals surface area contributed by atoms with Crippen molar-refractivity contribution in [3.63, 3.8) is 0 Å². The van der Waals surface area contributed by atoms with Crippen LogP contribution in [-0.2, 0) is 11.2 Å². The van der Waals surface area contributed by atoms with Gasteiger partial charge in [-0.3, -0.25) is 4.79 Å². The third kappa shape index (κ3) is 5.53. The van der Waals surface area contributed by atoms with Crippen LogP contribution in [0.15, 0.2) is 0 Å². The topological polar surface area (TPSA) is 72.9 Å². The molecule has 1 aromatic heterocycles. The Bertz CT molecular complexity index is 480. The lowest BCUT2D eigenvalue weighted by atomic mass is 10.1. The molecule has 1 amide bonds. The van der Waals surface area contributed by atoms with E-state index in [4.69, 9.17) is 5.73 Å². The highest BCUT2D eigenvalue weighted by atomic mass is 35.5. The number of aromatic nitrogens is 2. The Kier molecular flexibility index (Phi) is 9.20. The Morgan fingerprint density at radius 2 is 2.05 bits per heavy atom. The maximum atomic E-state index is 12.7. The number of alkyl halides is 2. The average molecular weight is 339 g/mol. The Morgan fingerprint density at radius 3 is 2.50 bits per heavy atom. The average Bonchev–Trinajstić information content (AvgIpc) is 2.71. The van der Waals surface area contributed by atoms with Crippen molar-refractivity contribution >= 4 is 18.3 Å². The Hall–Kier alpha value is -1.21. The third-order valence-corrected chi connectivity index (χ3v) is 3.55. The molecule has 1 heterocycles. The molecule has 0 saturated heterocycles. The van der Waals surface area contributed by atoms with Crippen molar-refractivity contribution in [1.29, 1.82) is 0 Å². The van der Waals surface area contributed by atoms with Gasteiger partial charge in [0.25, 0.3) is 0 Å². The van der Waals surface area contributed by atoms with E-state index in [0.29, 0.717) is 28.2 Å². The molecule has 1 rings (SSSR count). The molecule has 128 valence electrons. The molecular formula is C14H25ClF2N4O. The normalized spacial score (nSPS) is 12.1. The Balaban J connectivity index is 0.00000441. The Labute approximate surface area is 136 Å². The summed E-state index contributed by atoms with van der Waals surface area (Å²) in [6.45, 7) is 2.93. The van der Waals surface area contributed by atoms with Crippen LogP contribution < -0.4 is 11.1 Å². The van der Waals surface area contributed by atoms with Crippen LogP contribution in [0, 0.1) is 13.8 Å². The smallest absolute Gasteiger partial charge is 0.333 e. The maximum Gasteiger partial charge on any atom is 0.333 e. The van der Waals surface area contributed by atoms with Crippen LogP contribution in [0.1, 0.15) is 49.7 Å². The predicted molar refractivity (Wildman–Crippen MR) is 84.4 cm³/mol. The SMILES string of the molecule is CCCCC(CN)NC(=O)Cc1c(C)nn(C(F)F)c1C.Cl. The molecular weight excluding hydrogens is 314 g/mol. The summed E-state index contributed by atoms with van der Waals surface area (Å²) in [5, 5.41) is 6.63. The van der Waals surface area contributed by atoms with Gasteiger partial charge in [-0.2, -0.15) is 13.9 Å². The van der Waals surface area contributed by atoms with E-state index >= 15 is 0 Å². The third-order valence-electron chi connectivity index (χ3n) is 3.55. The molecule has 8 heteroatoms. The summed E-state index contributed by atoms with van der Waals surface area (Å²) in [5.41, 5.74) is 6.97. The molecule has 1 atom stereocenters. The lowest BCUT2D eigenvalue weighted by Gasteiger charge is -2.16. The van der Waals surface area contributed by atoms with Gasteiger partial charge in [0.1, 0.15) is 0 Å². The van der Waals surface area contributed by atoms with Crippen molar-refractivity contribution in [2.75, 3.05) is 6.54 Å². The first-order chi connectivity index (χ1) is 9.90. The highest BCUT2D eigenvalue weighted by Crippen LogP contribution is 2.19. The highest BCUT2D eigenvalue weighted by molar-refractivity contribution is 5.85. The van der Waals surface area contributed by atoms with Gasteiger partial charge in [0.15, 0.2) is 0 Å². The lowest BCUT2D eigenvalue weighted by Crippen LogP contribution is -2.41. The van der Waals surface area contributed by atoms with Crippen LogP contribution in [0.25, 0.3) is 0 Å². The zero-order valence-corrected chi connectivity index (χ0v) is 14.1. The molecule has 0 fully saturated rings. The minimum atomic E-state index is -2.69. The van der Waals surface area contributed by atoms with Gasteiger partial charge in [-0.1, -0.05) is 19.8 Å². The van der Waals surface area contributed by atoms with Crippen LogP contribution in [0.3, 0.4) is 0 Å². The second kappa shape index (κ2) is 9.74. The second-order valence-corrected chi connectivity index (χ2v) is 5.19. The number of hydrogen-bond donors (Lipinski definition) is 2.